The van der Waals surface area contributed by atoms with Crippen molar-refractivity contribution in [1.29, 1.82) is 0 Å². The lowest BCUT2D eigenvalue weighted by molar-refractivity contribution is -0.141. The van der Waals surface area contributed by atoms with E-state index in [2.05, 4.69) is 6.58 Å². The van der Waals surface area contributed by atoms with Crippen molar-refractivity contribution in [1.82, 2.24) is 4.90 Å². The Morgan fingerprint density at radius 2 is 1.65 bits per heavy atom. The summed E-state index contributed by atoms with van der Waals surface area (Å²) in [5.41, 5.74) is 0. The maximum Gasteiger partial charge on any atom is 0.330 e. The molecule has 0 heterocycles. The van der Waals surface area contributed by atoms with Crippen molar-refractivity contribution in [3.63, 3.8) is 0 Å². The third kappa shape index (κ3) is 14.6. The lowest BCUT2D eigenvalue weighted by atomic mass is 10.5. The van der Waals surface area contributed by atoms with Gasteiger partial charge in [-0.25, -0.2) is 4.79 Å². The predicted molar refractivity (Wildman–Crippen MR) is 66.6 cm³/mol. The zero-order valence-electron chi connectivity index (χ0n) is 11.2. The molecular weight excluding hydrogens is 222 g/mol. The molecule has 0 N–H and O–H groups in total. The number of ether oxygens (including phenoxy) is 2. The van der Waals surface area contributed by atoms with Crippen LogP contribution in [0, 0.1) is 0 Å². The van der Waals surface area contributed by atoms with Crippen molar-refractivity contribution in [2.75, 3.05) is 33.4 Å². The van der Waals surface area contributed by atoms with Crippen LogP contribution in [0.1, 0.15) is 20.8 Å². The molecule has 0 aromatic heterocycles. The van der Waals surface area contributed by atoms with Crippen LogP contribution in [0.15, 0.2) is 12.7 Å². The van der Waals surface area contributed by atoms with Gasteiger partial charge in [-0.3, -0.25) is 9.69 Å². The van der Waals surface area contributed by atoms with E-state index in [1.165, 1.54) is 6.92 Å². The Balaban J connectivity index is 0. The summed E-state index contributed by atoms with van der Waals surface area (Å²) >= 11 is 0. The number of hydrogen-bond donors (Lipinski definition) is 0. The Morgan fingerprint density at radius 3 is 2.06 bits per heavy atom. The second kappa shape index (κ2) is 12.7. The van der Waals surface area contributed by atoms with Crippen LogP contribution in [-0.2, 0) is 19.1 Å². The van der Waals surface area contributed by atoms with Crippen LogP contribution in [0.2, 0.25) is 0 Å². The molecule has 0 unspecified atom stereocenters. The number of rotatable bonds is 7. The zero-order chi connectivity index (χ0) is 13.7. The maximum atomic E-state index is 10.7. The second-order valence-electron chi connectivity index (χ2n) is 3.01. The van der Waals surface area contributed by atoms with Gasteiger partial charge in [-0.1, -0.05) is 20.4 Å². The topological polar surface area (TPSA) is 55.8 Å². The zero-order valence-corrected chi connectivity index (χ0v) is 11.2. The van der Waals surface area contributed by atoms with Crippen LogP contribution < -0.4 is 0 Å². The van der Waals surface area contributed by atoms with Crippen molar-refractivity contribution >= 4 is 11.9 Å². The summed E-state index contributed by atoms with van der Waals surface area (Å²) in [6.07, 6.45) is 1.12. The summed E-state index contributed by atoms with van der Waals surface area (Å²) in [4.78, 5) is 23.0. The van der Waals surface area contributed by atoms with Crippen molar-refractivity contribution in [3.05, 3.63) is 12.7 Å². The molecule has 0 atom stereocenters. The summed E-state index contributed by atoms with van der Waals surface area (Å²) in [7, 11) is 1.85. The van der Waals surface area contributed by atoms with E-state index in [9.17, 15) is 9.59 Å². The first-order valence-electron chi connectivity index (χ1n) is 5.67. The first-order chi connectivity index (χ1) is 8.06. The Kier molecular flexibility index (Phi) is 13.5. The largest absolute Gasteiger partial charge is 0.465 e. The molecular formula is C12H23NO4. The number of esters is 2. The number of nitrogens with zero attached hydrogens (tertiary/aromatic N) is 1. The molecule has 0 radical (unpaired) electrons. The quantitative estimate of drug-likeness (QED) is 0.499. The number of carbonyl (C=O) groups excluding carboxylic acids is 2. The minimum Gasteiger partial charge on any atom is -0.465 e. The van der Waals surface area contributed by atoms with Crippen LogP contribution in [0.25, 0.3) is 0 Å². The highest BCUT2D eigenvalue weighted by Crippen LogP contribution is 1.86. The Hall–Kier alpha value is -1.36. The van der Waals surface area contributed by atoms with E-state index in [1.807, 2.05) is 25.8 Å². The lowest BCUT2D eigenvalue weighted by Crippen LogP contribution is -2.28. The van der Waals surface area contributed by atoms with Crippen molar-refractivity contribution in [3.8, 4) is 0 Å². The van der Waals surface area contributed by atoms with Crippen LogP contribution in [-0.4, -0.2) is 50.2 Å². The van der Waals surface area contributed by atoms with Crippen molar-refractivity contribution < 1.29 is 19.1 Å². The molecule has 0 spiro atoms. The van der Waals surface area contributed by atoms with Crippen molar-refractivity contribution in [2.45, 2.75) is 20.8 Å². The van der Waals surface area contributed by atoms with Gasteiger partial charge in [-0.15, -0.1) is 0 Å². The molecule has 0 rings (SSSR count). The summed E-state index contributed by atoms with van der Waals surface area (Å²) in [6, 6.07) is 0. The van der Waals surface area contributed by atoms with Gasteiger partial charge in [0.15, 0.2) is 0 Å². The maximum absolute atomic E-state index is 10.7. The van der Waals surface area contributed by atoms with Crippen LogP contribution in [0.3, 0.4) is 0 Å². The third-order valence-corrected chi connectivity index (χ3v) is 1.66. The molecule has 0 amide bonds. The van der Waals surface area contributed by atoms with Gasteiger partial charge in [0.2, 0.25) is 0 Å². The summed E-state index contributed by atoms with van der Waals surface area (Å²) in [5.74, 6) is -0.718. The number of carbonyl (C=O) groups is 2. The fourth-order valence-corrected chi connectivity index (χ4v) is 0.818. The number of likely N-dealkylation sites (N-methyl/N-ethyl adjacent to an activating group) is 1. The van der Waals surface area contributed by atoms with Gasteiger partial charge in [0.1, 0.15) is 13.2 Å². The van der Waals surface area contributed by atoms with Crippen LogP contribution in [0.4, 0.5) is 0 Å². The van der Waals surface area contributed by atoms with E-state index in [4.69, 9.17) is 9.47 Å². The smallest absolute Gasteiger partial charge is 0.330 e. The fraction of sp³-hybridized carbons (Fsp3) is 0.667. The molecule has 0 aromatic carbocycles. The van der Waals surface area contributed by atoms with E-state index in [0.29, 0.717) is 26.3 Å². The standard InChI is InChI=1S/C10H17NO4.C2H6/c1-4-10(13)15-8-6-11(3)5-7-14-9(2)12;1-2/h4H,1,5-8H2,2-3H3;1-2H3. The molecule has 17 heavy (non-hydrogen) atoms. The second-order valence-corrected chi connectivity index (χ2v) is 3.01. The van der Waals surface area contributed by atoms with E-state index < -0.39 is 5.97 Å². The Labute approximate surface area is 103 Å². The fourth-order valence-electron chi connectivity index (χ4n) is 0.818. The molecule has 5 nitrogen and oxygen atoms in total. The minimum absolute atomic E-state index is 0.290. The molecule has 0 aliphatic rings. The molecule has 0 aliphatic heterocycles. The number of hydrogen-bond acceptors (Lipinski definition) is 5. The van der Waals surface area contributed by atoms with Gasteiger partial charge in [0.25, 0.3) is 0 Å². The van der Waals surface area contributed by atoms with E-state index in [0.717, 1.165) is 6.08 Å². The summed E-state index contributed by atoms with van der Waals surface area (Å²) in [5, 5.41) is 0. The van der Waals surface area contributed by atoms with Gasteiger partial charge in [0.05, 0.1) is 0 Å². The minimum atomic E-state index is -0.427. The monoisotopic (exact) mass is 245 g/mol. The molecule has 0 bridgehead atoms. The molecule has 0 saturated carbocycles. The normalized spacial score (nSPS) is 9.00. The van der Waals surface area contributed by atoms with Gasteiger partial charge in [-0.2, -0.15) is 0 Å². The highest BCUT2D eigenvalue weighted by atomic mass is 16.5. The average molecular weight is 245 g/mol. The Bertz CT molecular complexity index is 229. The summed E-state index contributed by atoms with van der Waals surface area (Å²) in [6.45, 7) is 10.5. The summed E-state index contributed by atoms with van der Waals surface area (Å²) < 4.78 is 9.54. The average Bonchev–Trinajstić information content (AvgIpc) is 2.31. The molecule has 0 aromatic rings. The van der Waals surface area contributed by atoms with Crippen molar-refractivity contribution in [2.24, 2.45) is 0 Å². The van der Waals surface area contributed by atoms with E-state index >= 15 is 0 Å². The first-order valence-corrected chi connectivity index (χ1v) is 5.67. The van der Waals surface area contributed by atoms with Gasteiger partial charge >= 0.3 is 11.9 Å². The first kappa shape index (κ1) is 18.0. The molecule has 0 saturated heterocycles. The van der Waals surface area contributed by atoms with E-state index in [1.54, 1.807) is 0 Å². The highest BCUT2D eigenvalue weighted by molar-refractivity contribution is 5.81. The predicted octanol–water partition coefficient (Wildman–Crippen LogP) is 1.24. The van der Waals surface area contributed by atoms with Crippen LogP contribution >= 0.6 is 0 Å². The SMILES string of the molecule is C=CC(=O)OCCN(C)CCOC(C)=O.CC. The van der Waals surface area contributed by atoms with Crippen LogP contribution in [0.5, 0.6) is 0 Å². The molecule has 0 fully saturated rings. The molecule has 100 valence electrons. The lowest BCUT2D eigenvalue weighted by Gasteiger charge is -2.15. The van der Waals surface area contributed by atoms with Gasteiger partial charge in [0, 0.05) is 26.1 Å². The third-order valence-electron chi connectivity index (χ3n) is 1.66. The van der Waals surface area contributed by atoms with E-state index in [-0.39, 0.29) is 5.97 Å². The Morgan fingerprint density at radius 1 is 1.18 bits per heavy atom. The van der Waals surface area contributed by atoms with Gasteiger partial charge < -0.3 is 9.47 Å². The molecule has 0 aliphatic carbocycles. The highest BCUT2D eigenvalue weighted by Gasteiger charge is 2.01. The molecule has 5 heteroatoms. The van der Waals surface area contributed by atoms with Gasteiger partial charge in [-0.05, 0) is 7.05 Å².